The van der Waals surface area contributed by atoms with Crippen LogP contribution in [0.3, 0.4) is 0 Å². The molecule has 3 aromatic rings. The maximum Gasteiger partial charge on any atom is 0.221 e. The standard InChI is InChI=1S/C28H37N5O3S.ClH/c1-17(2)36-25-15-21(20-10-12-30-13-11-20)19(5)14-22(25)23-16-31-28(29)33-27(23)32-24-8-6-7-9-26(24)37(34,35)18(3)4;/h6-9,14-18,20,30H,10-13H2,1-5H3,(H3,29,31,32,33);1H. The summed E-state index contributed by atoms with van der Waals surface area (Å²) < 4.78 is 32.4. The minimum absolute atomic E-state index is 0. The fourth-order valence-corrected chi connectivity index (χ4v) is 5.93. The first-order valence-corrected chi connectivity index (χ1v) is 14.4. The van der Waals surface area contributed by atoms with Crippen LogP contribution in [0.5, 0.6) is 5.75 Å². The SMILES string of the molecule is Cc1cc(-c2cnc(N)nc2Nc2ccccc2S(=O)(=O)C(C)C)c(OC(C)C)cc1C1CCNCC1.Cl. The summed E-state index contributed by atoms with van der Waals surface area (Å²) in [7, 11) is -3.53. The highest BCUT2D eigenvalue weighted by Crippen LogP contribution is 2.41. The van der Waals surface area contributed by atoms with E-state index in [1.807, 2.05) is 13.8 Å². The summed E-state index contributed by atoms with van der Waals surface area (Å²) in [6, 6.07) is 11.1. The molecule has 1 fully saturated rings. The highest BCUT2D eigenvalue weighted by atomic mass is 35.5. The number of sulfone groups is 1. The zero-order chi connectivity index (χ0) is 26.7. The van der Waals surface area contributed by atoms with Crippen LogP contribution in [-0.2, 0) is 9.84 Å². The number of para-hydroxylation sites is 1. The van der Waals surface area contributed by atoms with Gasteiger partial charge in [-0.05, 0) is 102 Å². The van der Waals surface area contributed by atoms with Crippen molar-refractivity contribution in [2.24, 2.45) is 0 Å². The molecule has 4 N–H and O–H groups in total. The lowest BCUT2D eigenvalue weighted by atomic mass is 9.86. The minimum atomic E-state index is -3.53. The number of hydrogen-bond donors (Lipinski definition) is 3. The molecule has 4 rings (SSSR count). The molecule has 0 spiro atoms. The molecule has 1 aliphatic rings. The molecule has 0 amide bonds. The third-order valence-corrected chi connectivity index (χ3v) is 8.88. The molecule has 0 unspecified atom stereocenters. The number of ether oxygens (including phenoxy) is 1. The summed E-state index contributed by atoms with van der Waals surface area (Å²) in [4.78, 5) is 8.95. The number of nitrogen functional groups attached to an aromatic ring is 1. The maximum absolute atomic E-state index is 13.1. The lowest BCUT2D eigenvalue weighted by Gasteiger charge is -2.26. The number of nitrogens with two attached hydrogens (primary N) is 1. The Kier molecular flexibility index (Phi) is 9.62. The summed E-state index contributed by atoms with van der Waals surface area (Å²) in [5, 5.41) is 6.11. The number of aromatic nitrogens is 2. The predicted octanol–water partition coefficient (Wildman–Crippen LogP) is 5.64. The van der Waals surface area contributed by atoms with E-state index in [1.165, 1.54) is 11.1 Å². The van der Waals surface area contributed by atoms with E-state index < -0.39 is 15.1 Å². The van der Waals surface area contributed by atoms with Gasteiger partial charge in [-0.1, -0.05) is 12.1 Å². The van der Waals surface area contributed by atoms with Gasteiger partial charge in [-0.15, -0.1) is 12.4 Å². The normalized spacial score (nSPS) is 14.4. The Balaban J connectivity index is 0.00000400. The van der Waals surface area contributed by atoms with Gasteiger partial charge in [0.25, 0.3) is 0 Å². The monoisotopic (exact) mass is 559 g/mol. The summed E-state index contributed by atoms with van der Waals surface area (Å²) in [6.07, 6.45) is 3.79. The minimum Gasteiger partial charge on any atom is -0.490 e. The molecule has 0 saturated carbocycles. The number of benzene rings is 2. The van der Waals surface area contributed by atoms with Crippen LogP contribution in [-0.4, -0.2) is 42.8 Å². The van der Waals surface area contributed by atoms with Crippen LogP contribution in [0.25, 0.3) is 11.1 Å². The highest BCUT2D eigenvalue weighted by Gasteiger charge is 2.25. The third-order valence-electron chi connectivity index (χ3n) is 6.67. The van der Waals surface area contributed by atoms with E-state index in [4.69, 9.17) is 10.5 Å². The van der Waals surface area contributed by atoms with Crippen molar-refractivity contribution in [3.05, 3.63) is 53.7 Å². The number of piperidine rings is 1. The first-order chi connectivity index (χ1) is 17.6. The number of halogens is 1. The van der Waals surface area contributed by atoms with Crippen molar-refractivity contribution in [1.29, 1.82) is 0 Å². The smallest absolute Gasteiger partial charge is 0.221 e. The van der Waals surface area contributed by atoms with Gasteiger partial charge in [-0.3, -0.25) is 0 Å². The van der Waals surface area contributed by atoms with E-state index in [0.717, 1.165) is 37.2 Å². The highest BCUT2D eigenvalue weighted by molar-refractivity contribution is 7.92. The summed E-state index contributed by atoms with van der Waals surface area (Å²) >= 11 is 0. The molecular weight excluding hydrogens is 522 g/mol. The molecule has 206 valence electrons. The average molecular weight is 560 g/mol. The van der Waals surface area contributed by atoms with E-state index in [1.54, 1.807) is 44.3 Å². The number of aryl methyl sites for hydroxylation is 1. The molecule has 0 radical (unpaired) electrons. The molecule has 1 saturated heterocycles. The number of nitrogens with zero attached hydrogens (tertiary/aromatic N) is 2. The van der Waals surface area contributed by atoms with Crippen molar-refractivity contribution < 1.29 is 13.2 Å². The molecule has 0 bridgehead atoms. The van der Waals surface area contributed by atoms with Crippen molar-refractivity contribution in [2.45, 2.75) is 69.6 Å². The zero-order valence-electron chi connectivity index (χ0n) is 22.6. The zero-order valence-corrected chi connectivity index (χ0v) is 24.2. The van der Waals surface area contributed by atoms with E-state index in [2.05, 4.69) is 39.7 Å². The van der Waals surface area contributed by atoms with Gasteiger partial charge in [0, 0.05) is 17.3 Å². The Morgan fingerprint density at radius 2 is 1.76 bits per heavy atom. The number of anilines is 3. The van der Waals surface area contributed by atoms with E-state index in [-0.39, 0.29) is 29.4 Å². The van der Waals surface area contributed by atoms with Crippen LogP contribution in [0, 0.1) is 6.92 Å². The Morgan fingerprint density at radius 1 is 1.08 bits per heavy atom. The third kappa shape index (κ3) is 6.39. The first-order valence-electron chi connectivity index (χ1n) is 12.8. The second kappa shape index (κ2) is 12.3. The van der Waals surface area contributed by atoms with Crippen LogP contribution >= 0.6 is 12.4 Å². The Hall–Kier alpha value is -2.88. The Bertz CT molecular complexity index is 1370. The molecule has 8 nitrogen and oxygen atoms in total. The fourth-order valence-electron chi connectivity index (χ4n) is 4.73. The molecule has 1 aliphatic heterocycles. The Morgan fingerprint density at radius 3 is 2.42 bits per heavy atom. The summed E-state index contributed by atoms with van der Waals surface area (Å²) in [6.45, 7) is 11.5. The van der Waals surface area contributed by atoms with Gasteiger partial charge in [-0.25, -0.2) is 13.4 Å². The lowest BCUT2D eigenvalue weighted by Crippen LogP contribution is -2.27. The quantitative estimate of drug-likeness (QED) is 0.324. The molecule has 38 heavy (non-hydrogen) atoms. The molecule has 1 aromatic heterocycles. The lowest BCUT2D eigenvalue weighted by molar-refractivity contribution is 0.243. The first kappa shape index (κ1) is 29.7. The molecule has 2 heterocycles. The van der Waals surface area contributed by atoms with Crippen LogP contribution < -0.4 is 21.1 Å². The molecular formula is C28H38ClN5O3S. The van der Waals surface area contributed by atoms with Gasteiger partial charge in [0.1, 0.15) is 11.6 Å². The second-order valence-corrected chi connectivity index (χ2v) is 12.6. The van der Waals surface area contributed by atoms with Crippen LogP contribution in [0.2, 0.25) is 0 Å². The van der Waals surface area contributed by atoms with Gasteiger partial charge in [0.15, 0.2) is 9.84 Å². The Labute approximate surface area is 232 Å². The van der Waals surface area contributed by atoms with Crippen LogP contribution in [0.4, 0.5) is 17.5 Å². The van der Waals surface area contributed by atoms with Crippen molar-refractivity contribution >= 4 is 39.7 Å². The van der Waals surface area contributed by atoms with Crippen molar-refractivity contribution in [3.8, 4) is 16.9 Å². The van der Waals surface area contributed by atoms with Gasteiger partial charge < -0.3 is 21.1 Å². The predicted molar refractivity (Wildman–Crippen MR) is 157 cm³/mol. The maximum atomic E-state index is 13.1. The van der Waals surface area contributed by atoms with E-state index >= 15 is 0 Å². The molecule has 10 heteroatoms. The van der Waals surface area contributed by atoms with Crippen molar-refractivity contribution in [3.63, 3.8) is 0 Å². The van der Waals surface area contributed by atoms with Gasteiger partial charge in [-0.2, -0.15) is 4.98 Å². The summed E-state index contributed by atoms with van der Waals surface area (Å²) in [5.74, 6) is 1.72. The van der Waals surface area contributed by atoms with Gasteiger partial charge >= 0.3 is 0 Å². The topological polar surface area (TPSA) is 119 Å². The second-order valence-electron chi connectivity index (χ2n) is 10.1. The van der Waals surface area contributed by atoms with Crippen LogP contribution in [0.15, 0.2) is 47.5 Å². The number of nitrogens with one attached hydrogen (secondary N) is 2. The number of rotatable bonds is 8. The van der Waals surface area contributed by atoms with Crippen molar-refractivity contribution in [1.82, 2.24) is 15.3 Å². The molecule has 0 aliphatic carbocycles. The van der Waals surface area contributed by atoms with E-state index in [0.29, 0.717) is 23.0 Å². The average Bonchev–Trinajstić information content (AvgIpc) is 2.85. The fraction of sp³-hybridized carbons (Fsp3) is 0.429. The largest absolute Gasteiger partial charge is 0.490 e. The van der Waals surface area contributed by atoms with Gasteiger partial charge in [0.2, 0.25) is 5.95 Å². The molecule has 0 atom stereocenters. The molecule has 2 aromatic carbocycles. The van der Waals surface area contributed by atoms with E-state index in [9.17, 15) is 8.42 Å². The number of hydrogen-bond acceptors (Lipinski definition) is 8. The van der Waals surface area contributed by atoms with Crippen molar-refractivity contribution in [2.75, 3.05) is 24.1 Å². The van der Waals surface area contributed by atoms with Crippen LogP contribution in [0.1, 0.15) is 57.6 Å². The summed E-state index contributed by atoms with van der Waals surface area (Å²) in [5.41, 5.74) is 10.4. The van der Waals surface area contributed by atoms with Gasteiger partial charge in [0.05, 0.1) is 21.9 Å².